The Kier molecular flexibility index (Phi) is 7.43. The summed E-state index contributed by atoms with van der Waals surface area (Å²) in [5, 5.41) is 2.90. The van der Waals surface area contributed by atoms with Crippen molar-refractivity contribution in [2.24, 2.45) is 5.92 Å². The first-order valence-electron chi connectivity index (χ1n) is 10.8. The molecular formula is C24H23ClF3N3O3. The van der Waals surface area contributed by atoms with Crippen LogP contribution in [0.3, 0.4) is 0 Å². The molecule has 1 aromatic carbocycles. The molecule has 0 bridgehead atoms. The highest BCUT2D eigenvalue weighted by atomic mass is 35.5. The van der Waals surface area contributed by atoms with E-state index in [4.69, 9.17) is 20.8 Å². The van der Waals surface area contributed by atoms with Gasteiger partial charge in [0.1, 0.15) is 18.2 Å². The predicted octanol–water partition coefficient (Wildman–Crippen LogP) is 5.92. The van der Waals surface area contributed by atoms with E-state index in [0.717, 1.165) is 23.6 Å². The number of alkyl halides is 3. The summed E-state index contributed by atoms with van der Waals surface area (Å²) >= 11 is 6.06. The molecule has 6 nitrogen and oxygen atoms in total. The molecule has 2 aromatic heterocycles. The van der Waals surface area contributed by atoms with Gasteiger partial charge in [0, 0.05) is 30.9 Å². The Bertz CT molecular complexity index is 1110. The lowest BCUT2D eigenvalue weighted by Gasteiger charge is -2.32. The Morgan fingerprint density at radius 2 is 1.97 bits per heavy atom. The largest absolute Gasteiger partial charge is 0.467 e. The second kappa shape index (κ2) is 10.5. The second-order valence-electron chi connectivity index (χ2n) is 8.05. The van der Waals surface area contributed by atoms with E-state index < -0.39 is 11.7 Å². The van der Waals surface area contributed by atoms with Crippen molar-refractivity contribution in [3.05, 3.63) is 76.8 Å². The van der Waals surface area contributed by atoms with Crippen LogP contribution in [-0.4, -0.2) is 24.0 Å². The van der Waals surface area contributed by atoms with Gasteiger partial charge in [-0.1, -0.05) is 23.7 Å². The number of aromatic nitrogens is 1. The normalized spacial score (nSPS) is 14.9. The summed E-state index contributed by atoms with van der Waals surface area (Å²) in [7, 11) is 0. The Hall–Kier alpha value is -3.04. The lowest BCUT2D eigenvalue weighted by molar-refractivity contribution is -0.137. The van der Waals surface area contributed by atoms with Crippen LogP contribution in [-0.2, 0) is 28.9 Å². The summed E-state index contributed by atoms with van der Waals surface area (Å²) in [5.41, 5.74) is 0.713. The average Bonchev–Trinajstić information content (AvgIpc) is 3.32. The molecule has 4 rings (SSSR count). The highest BCUT2D eigenvalue weighted by molar-refractivity contribution is 6.33. The quantitative estimate of drug-likeness (QED) is 0.442. The van der Waals surface area contributed by atoms with Crippen molar-refractivity contribution in [1.29, 1.82) is 0 Å². The molecule has 1 saturated heterocycles. The number of hydrogen-bond acceptors (Lipinski definition) is 5. The molecule has 1 aliphatic rings. The first-order valence-corrected chi connectivity index (χ1v) is 11.1. The number of anilines is 2. The Morgan fingerprint density at radius 3 is 2.65 bits per heavy atom. The second-order valence-corrected chi connectivity index (χ2v) is 8.46. The number of amides is 1. The van der Waals surface area contributed by atoms with Gasteiger partial charge in [-0.3, -0.25) is 4.79 Å². The molecule has 3 aromatic rings. The minimum atomic E-state index is -4.50. The fraction of sp³-hybridized carbons (Fsp3) is 0.333. The Balaban J connectivity index is 1.28. The van der Waals surface area contributed by atoms with E-state index >= 15 is 0 Å². The first-order chi connectivity index (χ1) is 16.3. The molecule has 0 unspecified atom stereocenters. The minimum Gasteiger partial charge on any atom is -0.467 e. The number of nitrogens with one attached hydrogen (secondary N) is 1. The molecule has 0 saturated carbocycles. The number of furan rings is 1. The zero-order chi connectivity index (χ0) is 24.1. The van der Waals surface area contributed by atoms with Gasteiger partial charge in [-0.15, -0.1) is 0 Å². The topological polar surface area (TPSA) is 67.6 Å². The highest BCUT2D eigenvalue weighted by Crippen LogP contribution is 2.34. The summed E-state index contributed by atoms with van der Waals surface area (Å²) in [6.07, 6.45) is -1.05. The molecule has 10 heteroatoms. The lowest BCUT2D eigenvalue weighted by Crippen LogP contribution is -2.38. The van der Waals surface area contributed by atoms with E-state index in [9.17, 15) is 18.0 Å². The number of hydrogen-bond donors (Lipinski definition) is 1. The summed E-state index contributed by atoms with van der Waals surface area (Å²) in [6.45, 7) is 1.68. The van der Waals surface area contributed by atoms with Gasteiger partial charge in [0.15, 0.2) is 0 Å². The standard InChI is InChI=1S/C24H23ClF3N3O3/c25-21-12-18(24(26,27)28)13-29-22(21)31-8-6-17(7-9-31)23(32)30-19-4-1-3-16(11-19)14-33-15-20-5-2-10-34-20/h1-5,10-13,17H,6-9,14-15H2,(H,30,32). The third-order valence-corrected chi connectivity index (χ3v) is 5.88. The molecule has 1 N–H and O–H groups in total. The zero-order valence-corrected chi connectivity index (χ0v) is 18.9. The molecule has 1 amide bonds. The molecule has 0 atom stereocenters. The van der Waals surface area contributed by atoms with Gasteiger partial charge in [-0.05, 0) is 48.7 Å². The predicted molar refractivity (Wildman–Crippen MR) is 121 cm³/mol. The van der Waals surface area contributed by atoms with E-state index in [-0.39, 0.29) is 16.8 Å². The van der Waals surface area contributed by atoms with Crippen LogP contribution < -0.4 is 10.2 Å². The molecule has 3 heterocycles. The van der Waals surface area contributed by atoms with Gasteiger partial charge in [-0.25, -0.2) is 4.98 Å². The molecule has 180 valence electrons. The lowest BCUT2D eigenvalue weighted by atomic mass is 9.95. The van der Waals surface area contributed by atoms with Crippen LogP contribution in [0, 0.1) is 5.92 Å². The van der Waals surface area contributed by atoms with Gasteiger partial charge >= 0.3 is 6.18 Å². The fourth-order valence-electron chi connectivity index (χ4n) is 3.82. The summed E-state index contributed by atoms with van der Waals surface area (Å²) in [4.78, 5) is 18.5. The maximum absolute atomic E-state index is 12.8. The number of halogens is 4. The minimum absolute atomic E-state index is 0.0520. The number of carbonyl (C=O) groups excluding carboxylic acids is 1. The maximum Gasteiger partial charge on any atom is 0.417 e. The van der Waals surface area contributed by atoms with E-state index in [0.29, 0.717) is 50.7 Å². The van der Waals surface area contributed by atoms with Gasteiger partial charge in [0.25, 0.3) is 0 Å². The van der Waals surface area contributed by atoms with Gasteiger partial charge in [-0.2, -0.15) is 13.2 Å². The van der Waals surface area contributed by atoms with Crippen LogP contribution in [0.4, 0.5) is 24.7 Å². The number of ether oxygens (including phenoxy) is 1. The fourth-order valence-corrected chi connectivity index (χ4v) is 4.11. The number of nitrogens with zero attached hydrogens (tertiary/aromatic N) is 2. The molecule has 0 spiro atoms. The number of carbonyl (C=O) groups is 1. The van der Waals surface area contributed by atoms with Crippen LogP contribution >= 0.6 is 11.6 Å². The number of pyridine rings is 1. The zero-order valence-electron chi connectivity index (χ0n) is 18.1. The third kappa shape index (κ3) is 6.09. The SMILES string of the molecule is O=C(Nc1cccc(COCc2ccco2)c1)C1CCN(c2ncc(C(F)(F)F)cc2Cl)CC1. The van der Waals surface area contributed by atoms with Crippen LogP contribution in [0.25, 0.3) is 0 Å². The van der Waals surface area contributed by atoms with Crippen molar-refractivity contribution in [3.63, 3.8) is 0 Å². The Morgan fingerprint density at radius 1 is 1.18 bits per heavy atom. The molecule has 1 aliphatic heterocycles. The van der Waals surface area contributed by atoms with Gasteiger partial charge < -0.3 is 19.4 Å². The van der Waals surface area contributed by atoms with Crippen molar-refractivity contribution < 1.29 is 27.1 Å². The van der Waals surface area contributed by atoms with Crippen molar-refractivity contribution in [2.45, 2.75) is 32.2 Å². The molecule has 0 radical (unpaired) electrons. The molecular weight excluding hydrogens is 471 g/mol. The van der Waals surface area contributed by atoms with Crippen LogP contribution in [0.5, 0.6) is 0 Å². The number of benzene rings is 1. The van der Waals surface area contributed by atoms with Gasteiger partial charge in [0.05, 0.1) is 23.5 Å². The van der Waals surface area contributed by atoms with Crippen molar-refractivity contribution in [2.75, 3.05) is 23.3 Å². The summed E-state index contributed by atoms with van der Waals surface area (Å²) < 4.78 is 49.4. The van der Waals surface area contributed by atoms with Crippen LogP contribution in [0.2, 0.25) is 5.02 Å². The Labute approximate surface area is 199 Å². The molecule has 34 heavy (non-hydrogen) atoms. The highest BCUT2D eigenvalue weighted by Gasteiger charge is 2.33. The van der Waals surface area contributed by atoms with Crippen molar-refractivity contribution in [1.82, 2.24) is 4.98 Å². The van der Waals surface area contributed by atoms with Crippen molar-refractivity contribution in [3.8, 4) is 0 Å². The number of piperidine rings is 1. The van der Waals surface area contributed by atoms with Crippen LogP contribution in [0.1, 0.15) is 29.7 Å². The van der Waals surface area contributed by atoms with Crippen LogP contribution in [0.15, 0.2) is 59.3 Å². The number of rotatable bonds is 7. The van der Waals surface area contributed by atoms with E-state index in [1.807, 2.05) is 35.2 Å². The maximum atomic E-state index is 12.8. The third-order valence-electron chi connectivity index (χ3n) is 5.60. The van der Waals surface area contributed by atoms with E-state index in [1.54, 1.807) is 12.3 Å². The summed E-state index contributed by atoms with van der Waals surface area (Å²) in [6, 6.07) is 12.0. The molecule has 0 aliphatic carbocycles. The van der Waals surface area contributed by atoms with Crippen molar-refractivity contribution >= 4 is 29.0 Å². The smallest absolute Gasteiger partial charge is 0.417 e. The first kappa shape index (κ1) is 24.1. The van der Waals surface area contributed by atoms with E-state index in [2.05, 4.69) is 10.3 Å². The average molecular weight is 494 g/mol. The monoisotopic (exact) mass is 493 g/mol. The van der Waals surface area contributed by atoms with E-state index in [1.165, 1.54) is 0 Å². The summed E-state index contributed by atoms with van der Waals surface area (Å²) in [5.74, 6) is 0.725. The van der Waals surface area contributed by atoms with Gasteiger partial charge in [0.2, 0.25) is 5.91 Å². The molecule has 1 fully saturated rings.